The van der Waals surface area contributed by atoms with Gasteiger partial charge < -0.3 is 5.32 Å². The normalized spacial score (nSPS) is 18.9. The van der Waals surface area contributed by atoms with Crippen molar-refractivity contribution in [3.05, 3.63) is 33.8 Å². The van der Waals surface area contributed by atoms with Crippen molar-refractivity contribution in [1.82, 2.24) is 5.32 Å². The molecule has 1 aromatic carbocycles. The van der Waals surface area contributed by atoms with Crippen LogP contribution in [0.3, 0.4) is 0 Å². The minimum absolute atomic E-state index is 0.171. The second-order valence-corrected chi connectivity index (χ2v) is 6.33. The summed E-state index contributed by atoms with van der Waals surface area (Å²) >= 11 is 13.8. The molecule has 0 bridgehead atoms. The van der Waals surface area contributed by atoms with E-state index in [0.29, 0.717) is 16.6 Å². The van der Waals surface area contributed by atoms with Gasteiger partial charge in [0.1, 0.15) is 0 Å². The van der Waals surface area contributed by atoms with Gasteiger partial charge in [0.2, 0.25) is 5.91 Å². The molecule has 1 aliphatic heterocycles. The van der Waals surface area contributed by atoms with Crippen LogP contribution in [0.1, 0.15) is 12.0 Å². The van der Waals surface area contributed by atoms with Crippen molar-refractivity contribution in [3.63, 3.8) is 0 Å². The van der Waals surface area contributed by atoms with Gasteiger partial charge >= 0.3 is 0 Å². The second kappa shape index (κ2) is 6.69. The maximum Gasteiger partial charge on any atom is 0.223 e. The van der Waals surface area contributed by atoms with Gasteiger partial charge in [-0.05, 0) is 36.3 Å². The Balaban J connectivity index is 1.79. The van der Waals surface area contributed by atoms with Crippen LogP contribution in [0.5, 0.6) is 0 Å². The van der Waals surface area contributed by atoms with E-state index in [0.717, 1.165) is 29.9 Å². The maximum absolute atomic E-state index is 11.8. The molecule has 2 nitrogen and oxygen atoms in total. The highest BCUT2D eigenvalue weighted by atomic mass is 35.5. The van der Waals surface area contributed by atoms with Gasteiger partial charge in [-0.2, -0.15) is 11.8 Å². The third-order valence-electron chi connectivity index (χ3n) is 3.01. The number of rotatable bonds is 4. The average molecular weight is 304 g/mol. The second-order valence-electron chi connectivity index (χ2n) is 4.34. The Labute approximate surface area is 121 Å². The van der Waals surface area contributed by atoms with Crippen LogP contribution in [-0.2, 0) is 11.2 Å². The molecule has 5 heteroatoms. The lowest BCUT2D eigenvalue weighted by Crippen LogP contribution is -2.32. The first-order chi connectivity index (χ1) is 8.66. The minimum atomic E-state index is 0.171. The van der Waals surface area contributed by atoms with E-state index in [-0.39, 0.29) is 11.8 Å². The van der Waals surface area contributed by atoms with Gasteiger partial charge in [-0.3, -0.25) is 4.79 Å². The van der Waals surface area contributed by atoms with Gasteiger partial charge in [0.25, 0.3) is 0 Å². The number of carbonyl (C=O) groups is 1. The highest BCUT2D eigenvalue weighted by Gasteiger charge is 2.22. The summed E-state index contributed by atoms with van der Waals surface area (Å²) in [7, 11) is 0. The van der Waals surface area contributed by atoms with Crippen LogP contribution >= 0.6 is 35.0 Å². The molecular weight excluding hydrogens is 289 g/mol. The molecular formula is C13H15Cl2NOS. The number of hydrogen-bond acceptors (Lipinski definition) is 2. The molecule has 0 saturated carbocycles. The van der Waals surface area contributed by atoms with E-state index in [4.69, 9.17) is 23.2 Å². The van der Waals surface area contributed by atoms with E-state index in [1.807, 2.05) is 23.9 Å². The van der Waals surface area contributed by atoms with E-state index in [1.165, 1.54) is 0 Å². The maximum atomic E-state index is 11.8. The smallest absolute Gasteiger partial charge is 0.223 e. The molecule has 1 amide bonds. The van der Waals surface area contributed by atoms with Crippen molar-refractivity contribution in [3.8, 4) is 0 Å². The number of benzene rings is 1. The van der Waals surface area contributed by atoms with Crippen molar-refractivity contribution in [2.45, 2.75) is 12.8 Å². The van der Waals surface area contributed by atoms with Crippen molar-refractivity contribution < 1.29 is 4.79 Å². The number of amides is 1. The fourth-order valence-corrected chi connectivity index (χ4v) is 3.65. The van der Waals surface area contributed by atoms with E-state index in [1.54, 1.807) is 6.07 Å². The van der Waals surface area contributed by atoms with Crippen LogP contribution in [-0.4, -0.2) is 24.0 Å². The summed E-state index contributed by atoms with van der Waals surface area (Å²) in [6, 6.07) is 5.45. The van der Waals surface area contributed by atoms with Gasteiger partial charge in [0.15, 0.2) is 0 Å². The van der Waals surface area contributed by atoms with Crippen LogP contribution in [0.15, 0.2) is 18.2 Å². The fourth-order valence-electron chi connectivity index (χ4n) is 1.93. The first kappa shape index (κ1) is 14.0. The lowest BCUT2D eigenvalue weighted by molar-refractivity contribution is -0.124. The van der Waals surface area contributed by atoms with Crippen molar-refractivity contribution in [2.24, 2.45) is 5.92 Å². The Morgan fingerprint density at radius 1 is 1.44 bits per heavy atom. The van der Waals surface area contributed by atoms with Crippen LogP contribution in [0.2, 0.25) is 10.0 Å². The summed E-state index contributed by atoms with van der Waals surface area (Å²) in [5.74, 6) is 2.41. The van der Waals surface area contributed by atoms with Gasteiger partial charge in [0.05, 0.1) is 0 Å². The molecule has 0 aromatic heterocycles. The SMILES string of the molecule is O=C(NCCc1ccc(Cl)cc1Cl)C1CCSC1. The Bertz CT molecular complexity index is 433. The van der Waals surface area contributed by atoms with E-state index < -0.39 is 0 Å². The average Bonchev–Trinajstić information content (AvgIpc) is 2.85. The molecule has 1 unspecified atom stereocenters. The summed E-state index contributed by atoms with van der Waals surface area (Å²) in [5.41, 5.74) is 1.02. The van der Waals surface area contributed by atoms with Gasteiger partial charge in [-0.15, -0.1) is 0 Å². The molecule has 2 rings (SSSR count). The largest absolute Gasteiger partial charge is 0.356 e. The number of hydrogen-bond donors (Lipinski definition) is 1. The molecule has 1 N–H and O–H groups in total. The Hall–Kier alpha value is -0.380. The van der Waals surface area contributed by atoms with Crippen molar-refractivity contribution in [1.29, 1.82) is 0 Å². The molecule has 1 fully saturated rings. The molecule has 0 radical (unpaired) electrons. The van der Waals surface area contributed by atoms with Gasteiger partial charge in [-0.1, -0.05) is 29.3 Å². The predicted molar refractivity (Wildman–Crippen MR) is 78.6 cm³/mol. The van der Waals surface area contributed by atoms with Crippen LogP contribution < -0.4 is 5.32 Å². The zero-order chi connectivity index (χ0) is 13.0. The minimum Gasteiger partial charge on any atom is -0.356 e. The summed E-state index contributed by atoms with van der Waals surface area (Å²) in [6.07, 6.45) is 1.74. The van der Waals surface area contributed by atoms with Crippen LogP contribution in [0.4, 0.5) is 0 Å². The number of nitrogens with one attached hydrogen (secondary N) is 1. The van der Waals surface area contributed by atoms with Crippen molar-refractivity contribution in [2.75, 3.05) is 18.1 Å². The predicted octanol–water partition coefficient (Wildman–Crippen LogP) is 3.41. The summed E-state index contributed by atoms with van der Waals surface area (Å²) in [6.45, 7) is 0.626. The zero-order valence-electron chi connectivity index (χ0n) is 9.92. The quantitative estimate of drug-likeness (QED) is 0.923. The third-order valence-corrected chi connectivity index (χ3v) is 4.76. The zero-order valence-corrected chi connectivity index (χ0v) is 12.2. The first-order valence-electron chi connectivity index (χ1n) is 5.96. The number of thioether (sulfide) groups is 1. The fraction of sp³-hybridized carbons (Fsp3) is 0.462. The number of carbonyl (C=O) groups excluding carboxylic acids is 1. The number of halogens is 2. The summed E-state index contributed by atoms with van der Waals surface area (Å²) in [5, 5.41) is 4.27. The highest BCUT2D eigenvalue weighted by molar-refractivity contribution is 7.99. The van der Waals surface area contributed by atoms with Gasteiger partial charge in [-0.25, -0.2) is 0 Å². The molecule has 1 saturated heterocycles. The van der Waals surface area contributed by atoms with Crippen LogP contribution in [0.25, 0.3) is 0 Å². The molecule has 0 spiro atoms. The molecule has 1 aliphatic rings. The Morgan fingerprint density at radius 2 is 2.28 bits per heavy atom. The first-order valence-corrected chi connectivity index (χ1v) is 7.87. The monoisotopic (exact) mass is 303 g/mol. The Kier molecular flexibility index (Phi) is 5.22. The lowest BCUT2D eigenvalue weighted by atomic mass is 10.1. The van der Waals surface area contributed by atoms with E-state index >= 15 is 0 Å². The third kappa shape index (κ3) is 3.81. The molecule has 18 heavy (non-hydrogen) atoms. The molecule has 1 heterocycles. The van der Waals surface area contributed by atoms with E-state index in [9.17, 15) is 4.79 Å². The standard InChI is InChI=1S/C13H15Cl2NOS/c14-11-2-1-9(12(15)7-11)3-5-16-13(17)10-4-6-18-8-10/h1-2,7,10H,3-6,8H2,(H,16,17). The van der Waals surface area contributed by atoms with Gasteiger partial charge in [0, 0.05) is 28.3 Å². The lowest BCUT2D eigenvalue weighted by Gasteiger charge is -2.10. The highest BCUT2D eigenvalue weighted by Crippen LogP contribution is 2.23. The van der Waals surface area contributed by atoms with Crippen molar-refractivity contribution >= 4 is 40.9 Å². The molecule has 1 atom stereocenters. The summed E-state index contributed by atoms with van der Waals surface area (Å²) < 4.78 is 0. The topological polar surface area (TPSA) is 29.1 Å². The summed E-state index contributed by atoms with van der Waals surface area (Å²) in [4.78, 5) is 11.8. The Morgan fingerprint density at radius 3 is 2.94 bits per heavy atom. The van der Waals surface area contributed by atoms with E-state index in [2.05, 4.69) is 5.32 Å². The molecule has 1 aromatic rings. The molecule has 0 aliphatic carbocycles. The van der Waals surface area contributed by atoms with Crippen LogP contribution in [0, 0.1) is 5.92 Å². The molecule has 98 valence electrons.